The highest BCUT2D eigenvalue weighted by atomic mass is 32.3. The van der Waals surface area contributed by atoms with Gasteiger partial charge in [0, 0.05) is 13.0 Å². The lowest BCUT2D eigenvalue weighted by Gasteiger charge is -2.41. The third-order valence-electron chi connectivity index (χ3n) is 11.9. The SMILES string of the molecule is CC/C=C\C/C=C\C/C=C\C/C=C\C/C=C\CCCCCCCCCC(=O)OC(COCCCCCCCCCCCCCCCCCCC)COC1OC(CO)C(O)C(OS(=O)(=O)O)C1O. The summed E-state index contributed by atoms with van der Waals surface area (Å²) in [6.07, 6.45) is 48.2. The fraction of sp³-hybridized carbons (Fsp3) is 0.796. The highest BCUT2D eigenvalue weighted by Crippen LogP contribution is 2.26. The maximum Gasteiger partial charge on any atom is 0.397 e. The zero-order valence-electron chi connectivity index (χ0n) is 41.9. The molecule has 0 amide bonds. The molecule has 0 bridgehead atoms. The van der Waals surface area contributed by atoms with Crippen LogP contribution in [0, 0.1) is 0 Å². The molecule has 0 saturated carbocycles. The van der Waals surface area contributed by atoms with Gasteiger partial charge in [0.1, 0.15) is 30.5 Å². The van der Waals surface area contributed by atoms with Crippen molar-refractivity contribution in [1.82, 2.24) is 0 Å². The van der Waals surface area contributed by atoms with E-state index in [1.807, 2.05) is 0 Å². The molecule has 390 valence electrons. The van der Waals surface area contributed by atoms with Crippen molar-refractivity contribution in [2.45, 2.75) is 250 Å². The quantitative estimate of drug-likeness (QED) is 0.0197. The second-order valence-electron chi connectivity index (χ2n) is 18.1. The number of carbonyl (C=O) groups excluding carboxylic acids is 1. The fourth-order valence-corrected chi connectivity index (χ4v) is 8.44. The molecule has 0 aromatic heterocycles. The van der Waals surface area contributed by atoms with Crippen LogP contribution in [0.1, 0.15) is 213 Å². The van der Waals surface area contributed by atoms with Crippen LogP contribution in [-0.2, 0) is 38.3 Å². The first-order valence-electron chi connectivity index (χ1n) is 26.5. The number of rotatable bonds is 46. The Kier molecular flexibility index (Phi) is 42.2. The van der Waals surface area contributed by atoms with Crippen LogP contribution in [0.4, 0.5) is 0 Å². The summed E-state index contributed by atoms with van der Waals surface area (Å²) in [6.45, 7) is 3.89. The predicted molar refractivity (Wildman–Crippen MR) is 271 cm³/mol. The third-order valence-corrected chi connectivity index (χ3v) is 12.4. The van der Waals surface area contributed by atoms with Gasteiger partial charge in [-0.15, -0.1) is 0 Å². The van der Waals surface area contributed by atoms with E-state index in [1.165, 1.54) is 103 Å². The molecule has 6 atom stereocenters. The topological polar surface area (TPSA) is 178 Å². The van der Waals surface area contributed by atoms with Crippen molar-refractivity contribution in [1.29, 1.82) is 0 Å². The number of ether oxygens (including phenoxy) is 4. The number of esters is 1. The summed E-state index contributed by atoms with van der Waals surface area (Å²) < 4.78 is 59.3. The number of hydrogen-bond acceptors (Lipinski definition) is 11. The highest BCUT2D eigenvalue weighted by Gasteiger charge is 2.48. The van der Waals surface area contributed by atoms with E-state index < -0.39 is 59.8 Å². The number of carbonyl (C=O) groups is 1. The van der Waals surface area contributed by atoms with Crippen LogP contribution in [0.3, 0.4) is 0 Å². The number of aliphatic hydroxyl groups excluding tert-OH is 3. The Bertz CT molecular complexity index is 1400. The molecule has 1 aliphatic rings. The lowest BCUT2D eigenvalue weighted by molar-refractivity contribution is -0.301. The number of unbranched alkanes of at least 4 members (excludes halogenated alkanes) is 23. The minimum absolute atomic E-state index is 0.0318. The molecule has 13 heteroatoms. The molecule has 1 saturated heterocycles. The molecule has 1 heterocycles. The maximum atomic E-state index is 12.9. The zero-order chi connectivity index (χ0) is 48.9. The van der Waals surface area contributed by atoms with Crippen LogP contribution in [0.2, 0.25) is 0 Å². The average molecular weight is 969 g/mol. The standard InChI is InChI=1S/C54H96O12S/c1-3-5-7-9-11-13-15-17-19-21-22-23-24-25-26-27-29-31-33-35-37-39-41-43-50(56)64-48(47-63-54-52(58)53(66-67(59,60)61)51(57)49(45-55)65-54)46-62-44-42-40-38-36-34-32-30-28-20-18-16-14-12-10-8-6-4-2/h5,7,11,13,17,19,22-23,25-26,48-49,51-55,57-58H,3-4,6,8-10,12,14-16,18,20-21,24,27-47H2,1-2H3,(H,59,60,61)/b7-5-,13-11-,19-17-,23-22-,26-25-. The van der Waals surface area contributed by atoms with Gasteiger partial charge in [-0.3, -0.25) is 9.35 Å². The first-order valence-corrected chi connectivity index (χ1v) is 27.9. The molecule has 12 nitrogen and oxygen atoms in total. The normalized spacial score (nSPS) is 19.9. The van der Waals surface area contributed by atoms with E-state index in [1.54, 1.807) is 0 Å². The number of hydrogen-bond donors (Lipinski definition) is 4. The van der Waals surface area contributed by atoms with Crippen molar-refractivity contribution in [2.75, 3.05) is 26.4 Å². The van der Waals surface area contributed by atoms with Gasteiger partial charge >= 0.3 is 16.4 Å². The van der Waals surface area contributed by atoms with Crippen LogP contribution < -0.4 is 0 Å². The summed E-state index contributed by atoms with van der Waals surface area (Å²) in [7, 11) is -5.07. The van der Waals surface area contributed by atoms with Crippen LogP contribution in [0.25, 0.3) is 0 Å². The Balaban J connectivity index is 2.35. The van der Waals surface area contributed by atoms with Gasteiger partial charge in [-0.1, -0.05) is 209 Å². The number of aliphatic hydroxyl groups is 3. The Hall–Kier alpha value is -2.20. The monoisotopic (exact) mass is 969 g/mol. The van der Waals surface area contributed by atoms with E-state index in [9.17, 15) is 33.1 Å². The van der Waals surface area contributed by atoms with Crippen molar-refractivity contribution in [3.8, 4) is 0 Å². The molecule has 67 heavy (non-hydrogen) atoms. The summed E-state index contributed by atoms with van der Waals surface area (Å²) in [6, 6.07) is 0. The Morgan fingerprint density at radius 1 is 0.582 bits per heavy atom. The summed E-state index contributed by atoms with van der Waals surface area (Å²) in [4.78, 5) is 12.9. The first-order chi connectivity index (χ1) is 32.6. The molecule has 0 radical (unpaired) electrons. The van der Waals surface area contributed by atoms with Crippen molar-refractivity contribution in [3.63, 3.8) is 0 Å². The Labute approximate surface area is 408 Å². The molecule has 0 aliphatic carbocycles. The second-order valence-corrected chi connectivity index (χ2v) is 19.1. The van der Waals surface area contributed by atoms with Crippen molar-refractivity contribution in [2.24, 2.45) is 0 Å². The lowest BCUT2D eigenvalue weighted by Crippen LogP contribution is -2.60. The van der Waals surface area contributed by atoms with E-state index in [0.717, 1.165) is 83.5 Å². The van der Waals surface area contributed by atoms with Crippen molar-refractivity contribution in [3.05, 3.63) is 60.8 Å². The van der Waals surface area contributed by atoms with Gasteiger partial charge in [0.05, 0.1) is 19.8 Å². The average Bonchev–Trinajstić information content (AvgIpc) is 3.30. The van der Waals surface area contributed by atoms with E-state index in [0.29, 0.717) is 13.0 Å². The van der Waals surface area contributed by atoms with E-state index in [-0.39, 0.29) is 19.6 Å². The van der Waals surface area contributed by atoms with Crippen LogP contribution in [-0.4, -0.2) is 97.5 Å². The van der Waals surface area contributed by atoms with Crippen LogP contribution in [0.5, 0.6) is 0 Å². The molecule has 0 aromatic carbocycles. The minimum Gasteiger partial charge on any atom is -0.457 e. The highest BCUT2D eigenvalue weighted by molar-refractivity contribution is 7.80. The molecule has 1 fully saturated rings. The first kappa shape index (κ1) is 62.8. The molecule has 1 rings (SSSR count). The van der Waals surface area contributed by atoms with Gasteiger partial charge in [0.2, 0.25) is 0 Å². The van der Waals surface area contributed by atoms with Crippen LogP contribution >= 0.6 is 0 Å². The van der Waals surface area contributed by atoms with Gasteiger partial charge in [-0.05, 0) is 57.8 Å². The Morgan fingerprint density at radius 3 is 1.51 bits per heavy atom. The van der Waals surface area contributed by atoms with E-state index >= 15 is 0 Å². The molecule has 4 N–H and O–H groups in total. The van der Waals surface area contributed by atoms with Gasteiger partial charge in [-0.2, -0.15) is 8.42 Å². The maximum absolute atomic E-state index is 12.9. The van der Waals surface area contributed by atoms with Gasteiger partial charge in [0.25, 0.3) is 0 Å². The summed E-state index contributed by atoms with van der Waals surface area (Å²) in [5, 5.41) is 30.8. The summed E-state index contributed by atoms with van der Waals surface area (Å²) in [5.74, 6) is -0.409. The molecule has 6 unspecified atom stereocenters. The van der Waals surface area contributed by atoms with Crippen molar-refractivity contribution >= 4 is 16.4 Å². The summed E-state index contributed by atoms with van der Waals surface area (Å²) in [5.41, 5.74) is 0. The van der Waals surface area contributed by atoms with Gasteiger partial charge in [-0.25, -0.2) is 4.18 Å². The number of allylic oxidation sites excluding steroid dienone is 10. The van der Waals surface area contributed by atoms with Crippen molar-refractivity contribution < 1.29 is 56.2 Å². The van der Waals surface area contributed by atoms with Gasteiger partial charge in [0.15, 0.2) is 6.29 Å². The molecular formula is C54H96O12S. The summed E-state index contributed by atoms with van der Waals surface area (Å²) >= 11 is 0. The largest absolute Gasteiger partial charge is 0.457 e. The van der Waals surface area contributed by atoms with E-state index in [4.69, 9.17) is 18.9 Å². The Morgan fingerprint density at radius 2 is 1.03 bits per heavy atom. The molecule has 1 aliphatic heterocycles. The molecule has 0 aromatic rings. The third kappa shape index (κ3) is 38.3. The smallest absolute Gasteiger partial charge is 0.397 e. The van der Waals surface area contributed by atoms with Crippen LogP contribution in [0.15, 0.2) is 60.8 Å². The fourth-order valence-electron chi connectivity index (χ4n) is 7.94. The second kappa shape index (κ2) is 45.0. The van der Waals surface area contributed by atoms with E-state index in [2.05, 4.69) is 78.8 Å². The molecular weight excluding hydrogens is 873 g/mol. The lowest BCUT2D eigenvalue weighted by atomic mass is 9.99. The minimum atomic E-state index is -5.07. The zero-order valence-corrected chi connectivity index (χ0v) is 42.8. The molecule has 0 spiro atoms. The van der Waals surface area contributed by atoms with Gasteiger partial charge < -0.3 is 34.3 Å². The predicted octanol–water partition coefficient (Wildman–Crippen LogP) is 12.5.